The van der Waals surface area contributed by atoms with Crippen molar-refractivity contribution in [2.24, 2.45) is 7.05 Å². The van der Waals surface area contributed by atoms with Gasteiger partial charge in [-0.05, 0) is 40.1 Å². The van der Waals surface area contributed by atoms with E-state index in [4.69, 9.17) is 9.72 Å². The first-order valence-corrected chi connectivity index (χ1v) is 15.5. The van der Waals surface area contributed by atoms with Crippen LogP contribution in [0.15, 0.2) is 121 Å². The molecule has 8 aromatic rings. The molecule has 6 heteroatoms. The molecule has 0 bridgehead atoms. The van der Waals surface area contributed by atoms with Crippen molar-refractivity contribution in [3.05, 3.63) is 145 Å². The van der Waals surface area contributed by atoms with Crippen LogP contribution in [-0.2, 0) is 33.5 Å². The molecule has 0 saturated heterocycles. The van der Waals surface area contributed by atoms with Crippen LogP contribution in [0.2, 0.25) is 0 Å². The minimum Gasteiger partial charge on any atom is -0.510 e. The molecular weight excluding hydrogens is 760 g/mol. The van der Waals surface area contributed by atoms with E-state index in [2.05, 4.69) is 129 Å². The fraction of sp³-hybridized carbons (Fsp3) is 0.122. The largest absolute Gasteiger partial charge is 0.510 e. The number of aryl methyl sites for hydroxylation is 1. The van der Waals surface area contributed by atoms with Crippen molar-refractivity contribution < 1.29 is 30.4 Å². The molecule has 0 atom stereocenters. The summed E-state index contributed by atoms with van der Waals surface area (Å²) in [5, 5.41) is 2.22. The SMILES string of the molecule is C[n+]1[c-]n(-c2[c-]c(Oc3[c-]c4c(cc3)c3ccccc3n4-c3cc(-c4ccccc4)ccn3)cc(C(C)(C)C)c2)c2ccccc21.[Pt]. The maximum atomic E-state index is 6.60. The second-order valence-corrected chi connectivity index (χ2v) is 12.7. The van der Waals surface area contributed by atoms with E-state index in [0.717, 1.165) is 61.0 Å². The van der Waals surface area contributed by atoms with Gasteiger partial charge in [0, 0.05) is 44.3 Å². The van der Waals surface area contributed by atoms with Crippen LogP contribution in [0.5, 0.6) is 11.5 Å². The summed E-state index contributed by atoms with van der Waals surface area (Å²) in [6, 6.07) is 46.8. The fourth-order valence-corrected chi connectivity index (χ4v) is 6.16. The zero-order valence-corrected chi connectivity index (χ0v) is 28.8. The third kappa shape index (κ3) is 5.55. The first-order chi connectivity index (χ1) is 22.3. The minimum absolute atomic E-state index is 0. The molecule has 0 N–H and O–H groups in total. The molecule has 0 fully saturated rings. The van der Waals surface area contributed by atoms with Gasteiger partial charge in [-0.2, -0.15) is 17.7 Å². The zero-order valence-electron chi connectivity index (χ0n) is 26.6. The van der Waals surface area contributed by atoms with Gasteiger partial charge in [-0.3, -0.25) is 0 Å². The smallest absolute Gasteiger partial charge is 0.242 e. The Morgan fingerprint density at radius 1 is 0.702 bits per heavy atom. The van der Waals surface area contributed by atoms with Crippen LogP contribution < -0.4 is 9.30 Å². The van der Waals surface area contributed by atoms with Gasteiger partial charge in [0.05, 0.1) is 18.1 Å². The first kappa shape index (κ1) is 30.7. The number of pyridine rings is 1. The number of para-hydroxylation sites is 3. The molecule has 5 aromatic carbocycles. The number of aromatic nitrogens is 4. The molecule has 0 aliphatic carbocycles. The minimum atomic E-state index is -0.108. The van der Waals surface area contributed by atoms with Gasteiger partial charge in [0.15, 0.2) is 0 Å². The predicted octanol–water partition coefficient (Wildman–Crippen LogP) is 9.10. The average Bonchev–Trinajstić information content (AvgIpc) is 3.59. The summed E-state index contributed by atoms with van der Waals surface area (Å²) in [6.07, 6.45) is 5.32. The molecule has 0 radical (unpaired) electrons. The predicted molar refractivity (Wildman–Crippen MR) is 184 cm³/mol. The zero-order chi connectivity index (χ0) is 31.4. The topological polar surface area (TPSA) is 35.9 Å². The molecule has 3 heterocycles. The van der Waals surface area contributed by atoms with Crippen LogP contribution in [-0.4, -0.2) is 14.1 Å². The average molecular weight is 792 g/mol. The second kappa shape index (κ2) is 12.0. The van der Waals surface area contributed by atoms with Crippen molar-refractivity contribution in [1.29, 1.82) is 0 Å². The Morgan fingerprint density at radius 3 is 2.26 bits per heavy atom. The van der Waals surface area contributed by atoms with Gasteiger partial charge < -0.3 is 18.4 Å². The van der Waals surface area contributed by atoms with E-state index in [0.29, 0.717) is 11.5 Å². The Morgan fingerprint density at radius 2 is 1.45 bits per heavy atom. The molecule has 8 rings (SSSR count). The van der Waals surface area contributed by atoms with Crippen LogP contribution >= 0.6 is 0 Å². The van der Waals surface area contributed by atoms with Crippen LogP contribution in [0, 0.1) is 18.5 Å². The molecule has 0 aliphatic rings. The number of benzene rings is 5. The molecule has 0 spiro atoms. The Balaban J connectivity index is 0.00000351. The number of imidazole rings is 1. The van der Waals surface area contributed by atoms with Crippen molar-refractivity contribution in [3.8, 4) is 34.1 Å². The van der Waals surface area contributed by atoms with E-state index in [1.165, 1.54) is 0 Å². The monoisotopic (exact) mass is 791 g/mol. The number of fused-ring (bicyclic) bond motifs is 4. The van der Waals surface area contributed by atoms with Gasteiger partial charge in [0.2, 0.25) is 6.33 Å². The second-order valence-electron chi connectivity index (χ2n) is 12.7. The number of hydrogen-bond acceptors (Lipinski definition) is 2. The van der Waals surface area contributed by atoms with Crippen LogP contribution in [0.4, 0.5) is 0 Å². The number of ether oxygens (including phenoxy) is 1. The normalized spacial score (nSPS) is 11.7. The Hall–Kier alpha value is -4.99. The van der Waals surface area contributed by atoms with Gasteiger partial charge in [-0.25, -0.2) is 4.98 Å². The maximum Gasteiger partial charge on any atom is 0.242 e. The first-order valence-electron chi connectivity index (χ1n) is 15.5. The summed E-state index contributed by atoms with van der Waals surface area (Å²) in [7, 11) is 2.01. The molecule has 3 aromatic heterocycles. The van der Waals surface area contributed by atoms with Crippen molar-refractivity contribution in [1.82, 2.24) is 14.1 Å². The van der Waals surface area contributed by atoms with E-state index < -0.39 is 0 Å². The summed E-state index contributed by atoms with van der Waals surface area (Å²) >= 11 is 0. The Labute approximate surface area is 289 Å². The fourth-order valence-electron chi connectivity index (χ4n) is 6.16. The molecule has 0 saturated carbocycles. The summed E-state index contributed by atoms with van der Waals surface area (Å²) in [6.45, 7) is 6.63. The van der Waals surface area contributed by atoms with Gasteiger partial charge in [-0.15, -0.1) is 29.7 Å². The molecular formula is C41H32N4OPt-2. The van der Waals surface area contributed by atoms with E-state index in [9.17, 15) is 0 Å². The number of rotatable bonds is 5. The van der Waals surface area contributed by atoms with Crippen molar-refractivity contribution in [3.63, 3.8) is 0 Å². The van der Waals surface area contributed by atoms with Crippen LogP contribution in [0.25, 0.3) is 55.5 Å². The van der Waals surface area contributed by atoms with Gasteiger partial charge in [0.1, 0.15) is 5.82 Å². The van der Waals surface area contributed by atoms with Gasteiger partial charge in [-0.1, -0.05) is 105 Å². The summed E-state index contributed by atoms with van der Waals surface area (Å²) in [4.78, 5) is 4.82. The van der Waals surface area contributed by atoms with E-state index in [1.54, 1.807) is 0 Å². The van der Waals surface area contributed by atoms with Gasteiger partial charge >= 0.3 is 0 Å². The van der Waals surface area contributed by atoms with E-state index >= 15 is 0 Å². The maximum absolute atomic E-state index is 6.60. The molecule has 0 unspecified atom stereocenters. The molecule has 5 nitrogen and oxygen atoms in total. The summed E-state index contributed by atoms with van der Waals surface area (Å²) in [5.41, 5.74) is 8.27. The summed E-state index contributed by atoms with van der Waals surface area (Å²) < 4.78 is 12.8. The number of nitrogens with zero attached hydrogens (tertiary/aromatic N) is 4. The van der Waals surface area contributed by atoms with Crippen molar-refractivity contribution in [2.75, 3.05) is 0 Å². The van der Waals surface area contributed by atoms with Crippen molar-refractivity contribution in [2.45, 2.75) is 26.2 Å². The number of hydrogen-bond donors (Lipinski definition) is 0. The Bertz CT molecular complexity index is 2400. The third-order valence-corrected chi connectivity index (χ3v) is 8.53. The summed E-state index contributed by atoms with van der Waals surface area (Å²) in [5.74, 6) is 2.06. The quantitative estimate of drug-likeness (QED) is 0.129. The molecule has 47 heavy (non-hydrogen) atoms. The van der Waals surface area contributed by atoms with Gasteiger partial charge in [0.25, 0.3) is 0 Å². The molecule has 0 aliphatic heterocycles. The Kier molecular flexibility index (Phi) is 7.82. The van der Waals surface area contributed by atoms with E-state index in [1.807, 2.05) is 52.7 Å². The standard InChI is InChI=1S/C41H32N4O.Pt/c1-41(2,3)30-23-31(44-27-43(4)37-16-10-11-17-38(37)44)25-33(24-30)46-32-18-19-35-34-14-8-9-15-36(34)45(39(35)26-32)40-22-29(20-21-42-40)28-12-6-5-7-13-28;/h5-24H,1-4H3;/q-2;. The molecule has 0 amide bonds. The third-order valence-electron chi connectivity index (χ3n) is 8.53. The van der Waals surface area contributed by atoms with Crippen LogP contribution in [0.3, 0.4) is 0 Å². The molecule has 234 valence electrons. The van der Waals surface area contributed by atoms with Crippen LogP contribution in [0.1, 0.15) is 26.3 Å². The van der Waals surface area contributed by atoms with E-state index in [-0.39, 0.29) is 26.5 Å². The van der Waals surface area contributed by atoms with Crippen molar-refractivity contribution >= 4 is 32.8 Å².